The van der Waals surface area contributed by atoms with E-state index in [0.29, 0.717) is 28.6 Å². The fraction of sp³-hybridized carbons (Fsp3) is 0.158. The van der Waals surface area contributed by atoms with E-state index in [9.17, 15) is 13.6 Å². The van der Waals surface area contributed by atoms with Crippen LogP contribution in [0.15, 0.2) is 48.7 Å². The first-order valence-electron chi connectivity index (χ1n) is 7.99. The standard InChI is InChI=1S/C19H16F2N2O3S/c1-25-13-3-2-4-14(9-13)26-11-18(24)23-19-22-10-15(27-19)7-12-5-6-16(20)17(21)8-12/h2-6,8-10H,7,11H2,1H3,(H,22,23,24). The first kappa shape index (κ1) is 18.8. The number of nitrogens with zero attached hydrogens (tertiary/aromatic N) is 1. The SMILES string of the molecule is COc1cccc(OCC(=O)Nc2ncc(Cc3ccc(F)c(F)c3)s2)c1. The molecule has 0 fully saturated rings. The van der Waals surface area contributed by atoms with Gasteiger partial charge in [-0.3, -0.25) is 10.1 Å². The highest BCUT2D eigenvalue weighted by Crippen LogP contribution is 2.22. The number of carbonyl (C=O) groups is 1. The summed E-state index contributed by atoms with van der Waals surface area (Å²) in [5, 5.41) is 3.05. The largest absolute Gasteiger partial charge is 0.497 e. The number of methoxy groups -OCH3 is 1. The summed E-state index contributed by atoms with van der Waals surface area (Å²) in [4.78, 5) is 16.9. The summed E-state index contributed by atoms with van der Waals surface area (Å²) < 4.78 is 36.7. The Kier molecular flexibility index (Phi) is 5.97. The summed E-state index contributed by atoms with van der Waals surface area (Å²) in [6.07, 6.45) is 1.98. The van der Waals surface area contributed by atoms with Gasteiger partial charge in [-0.25, -0.2) is 13.8 Å². The van der Waals surface area contributed by atoms with E-state index in [4.69, 9.17) is 9.47 Å². The number of amides is 1. The molecule has 1 amide bonds. The average Bonchev–Trinajstić information content (AvgIpc) is 3.10. The first-order valence-corrected chi connectivity index (χ1v) is 8.80. The lowest BCUT2D eigenvalue weighted by Gasteiger charge is -2.07. The Morgan fingerprint density at radius 3 is 2.74 bits per heavy atom. The van der Waals surface area contributed by atoms with E-state index in [2.05, 4.69) is 10.3 Å². The van der Waals surface area contributed by atoms with Gasteiger partial charge in [0.05, 0.1) is 7.11 Å². The topological polar surface area (TPSA) is 60.5 Å². The van der Waals surface area contributed by atoms with Gasteiger partial charge in [0.2, 0.25) is 0 Å². The van der Waals surface area contributed by atoms with Crippen LogP contribution >= 0.6 is 11.3 Å². The van der Waals surface area contributed by atoms with Gasteiger partial charge in [-0.15, -0.1) is 11.3 Å². The quantitative estimate of drug-likeness (QED) is 0.662. The van der Waals surface area contributed by atoms with Crippen LogP contribution in [0.1, 0.15) is 10.4 Å². The monoisotopic (exact) mass is 390 g/mol. The number of ether oxygens (including phenoxy) is 2. The molecule has 0 radical (unpaired) electrons. The highest BCUT2D eigenvalue weighted by atomic mass is 32.1. The highest BCUT2D eigenvalue weighted by Gasteiger charge is 2.10. The number of carbonyl (C=O) groups excluding carboxylic acids is 1. The van der Waals surface area contributed by atoms with Crippen molar-refractivity contribution in [2.45, 2.75) is 6.42 Å². The lowest BCUT2D eigenvalue weighted by Crippen LogP contribution is -2.19. The van der Waals surface area contributed by atoms with Crippen LogP contribution in [0.4, 0.5) is 13.9 Å². The van der Waals surface area contributed by atoms with Crippen molar-refractivity contribution in [3.63, 3.8) is 0 Å². The fourth-order valence-corrected chi connectivity index (χ4v) is 3.16. The lowest BCUT2D eigenvalue weighted by atomic mass is 10.1. The van der Waals surface area contributed by atoms with Crippen molar-refractivity contribution >= 4 is 22.4 Å². The van der Waals surface area contributed by atoms with E-state index in [1.807, 2.05) is 0 Å². The van der Waals surface area contributed by atoms with Crippen molar-refractivity contribution in [2.24, 2.45) is 0 Å². The van der Waals surface area contributed by atoms with Crippen LogP contribution in [0.5, 0.6) is 11.5 Å². The smallest absolute Gasteiger partial charge is 0.264 e. The molecule has 27 heavy (non-hydrogen) atoms. The third-order valence-electron chi connectivity index (χ3n) is 3.57. The van der Waals surface area contributed by atoms with E-state index in [1.54, 1.807) is 37.6 Å². The maximum Gasteiger partial charge on any atom is 0.264 e. The number of anilines is 1. The van der Waals surface area contributed by atoms with Gasteiger partial charge in [0.15, 0.2) is 23.4 Å². The Bertz CT molecular complexity index is 946. The Morgan fingerprint density at radius 1 is 1.15 bits per heavy atom. The van der Waals surface area contributed by atoms with Crippen molar-refractivity contribution in [3.05, 3.63) is 70.7 Å². The van der Waals surface area contributed by atoms with Crippen LogP contribution in [0.2, 0.25) is 0 Å². The second-order valence-electron chi connectivity index (χ2n) is 5.57. The van der Waals surface area contributed by atoms with E-state index < -0.39 is 11.6 Å². The minimum Gasteiger partial charge on any atom is -0.497 e. The number of thiazole rings is 1. The normalized spacial score (nSPS) is 10.5. The summed E-state index contributed by atoms with van der Waals surface area (Å²) in [5.41, 5.74) is 0.622. The van der Waals surface area contributed by atoms with E-state index in [-0.39, 0.29) is 12.5 Å². The number of halogens is 2. The minimum atomic E-state index is -0.889. The van der Waals surface area contributed by atoms with Gasteiger partial charge in [-0.1, -0.05) is 12.1 Å². The Morgan fingerprint density at radius 2 is 1.96 bits per heavy atom. The van der Waals surface area contributed by atoms with Crippen LogP contribution in [0.25, 0.3) is 0 Å². The van der Waals surface area contributed by atoms with E-state index in [0.717, 1.165) is 17.0 Å². The Hall–Kier alpha value is -3.00. The molecule has 2 aromatic carbocycles. The molecule has 8 heteroatoms. The molecule has 0 saturated carbocycles. The summed E-state index contributed by atoms with van der Waals surface area (Å²) in [6.45, 7) is -0.175. The number of nitrogens with one attached hydrogen (secondary N) is 1. The third kappa shape index (κ3) is 5.24. The molecule has 1 heterocycles. The van der Waals surface area contributed by atoms with Crippen molar-refractivity contribution < 1.29 is 23.0 Å². The number of hydrogen-bond acceptors (Lipinski definition) is 5. The zero-order chi connectivity index (χ0) is 19.2. The second-order valence-corrected chi connectivity index (χ2v) is 6.69. The van der Waals surface area contributed by atoms with Gasteiger partial charge < -0.3 is 9.47 Å². The van der Waals surface area contributed by atoms with E-state index in [1.165, 1.54) is 17.4 Å². The predicted octanol–water partition coefficient (Wildman–Crippen LogP) is 4.04. The van der Waals surface area contributed by atoms with Crippen LogP contribution in [-0.4, -0.2) is 24.6 Å². The second kappa shape index (κ2) is 8.59. The zero-order valence-corrected chi connectivity index (χ0v) is 15.2. The number of rotatable bonds is 7. The average molecular weight is 390 g/mol. The van der Waals surface area contributed by atoms with Crippen LogP contribution < -0.4 is 14.8 Å². The van der Waals surface area contributed by atoms with Gasteiger partial charge in [0.1, 0.15) is 11.5 Å². The molecule has 0 aliphatic heterocycles. The molecular weight excluding hydrogens is 374 g/mol. The molecule has 0 bridgehead atoms. The summed E-state index contributed by atoms with van der Waals surface area (Å²) >= 11 is 1.26. The molecular formula is C19H16F2N2O3S. The summed E-state index contributed by atoms with van der Waals surface area (Å²) in [7, 11) is 1.55. The molecule has 0 atom stereocenters. The highest BCUT2D eigenvalue weighted by molar-refractivity contribution is 7.15. The van der Waals surface area contributed by atoms with Crippen molar-refractivity contribution in [2.75, 3.05) is 19.0 Å². The van der Waals surface area contributed by atoms with Crippen LogP contribution in [-0.2, 0) is 11.2 Å². The lowest BCUT2D eigenvalue weighted by molar-refractivity contribution is -0.118. The number of benzene rings is 2. The molecule has 5 nitrogen and oxygen atoms in total. The number of hydrogen-bond donors (Lipinski definition) is 1. The van der Waals surface area contributed by atoms with Crippen LogP contribution in [0.3, 0.4) is 0 Å². The molecule has 0 spiro atoms. The molecule has 3 aromatic rings. The predicted molar refractivity (Wildman–Crippen MR) is 98.4 cm³/mol. The first-order chi connectivity index (χ1) is 13.0. The molecule has 1 N–H and O–H groups in total. The molecule has 0 unspecified atom stereocenters. The molecule has 0 aliphatic rings. The van der Waals surface area contributed by atoms with Gasteiger partial charge in [-0.05, 0) is 29.8 Å². The Labute approximate surface area is 158 Å². The molecule has 140 valence electrons. The van der Waals surface area contributed by atoms with Gasteiger partial charge >= 0.3 is 0 Å². The van der Waals surface area contributed by atoms with Gasteiger partial charge in [0, 0.05) is 23.6 Å². The maximum atomic E-state index is 13.3. The van der Waals surface area contributed by atoms with Crippen molar-refractivity contribution in [1.29, 1.82) is 0 Å². The third-order valence-corrected chi connectivity index (χ3v) is 4.49. The zero-order valence-electron chi connectivity index (χ0n) is 14.4. The van der Waals surface area contributed by atoms with Gasteiger partial charge in [0.25, 0.3) is 5.91 Å². The molecule has 0 aliphatic carbocycles. The number of aromatic nitrogens is 1. The molecule has 1 aromatic heterocycles. The summed E-state index contributed by atoms with van der Waals surface area (Å²) in [6, 6.07) is 10.7. The molecule has 0 saturated heterocycles. The minimum absolute atomic E-state index is 0.175. The Balaban J connectivity index is 1.53. The fourth-order valence-electron chi connectivity index (χ4n) is 2.29. The van der Waals surface area contributed by atoms with Crippen LogP contribution in [0, 0.1) is 11.6 Å². The summed E-state index contributed by atoms with van der Waals surface area (Å²) in [5.74, 6) is -0.976. The van der Waals surface area contributed by atoms with Crippen molar-refractivity contribution in [3.8, 4) is 11.5 Å². The van der Waals surface area contributed by atoms with E-state index >= 15 is 0 Å². The van der Waals surface area contributed by atoms with Gasteiger partial charge in [-0.2, -0.15) is 0 Å². The van der Waals surface area contributed by atoms with Crippen molar-refractivity contribution in [1.82, 2.24) is 4.98 Å². The maximum absolute atomic E-state index is 13.3. The molecule has 3 rings (SSSR count).